The van der Waals surface area contributed by atoms with E-state index in [1.807, 2.05) is 0 Å². The first-order valence-electron chi connectivity index (χ1n) is 13.1. The second kappa shape index (κ2) is 8.58. The van der Waals surface area contributed by atoms with Gasteiger partial charge in [0.15, 0.2) is 0 Å². The van der Waals surface area contributed by atoms with Crippen LogP contribution in [0.25, 0.3) is 10.1 Å². The fraction of sp³-hybridized carbons (Fsp3) is 0.429. The van der Waals surface area contributed by atoms with Crippen LogP contribution in [0.3, 0.4) is 0 Å². The molecule has 4 saturated carbocycles. The van der Waals surface area contributed by atoms with Crippen molar-refractivity contribution < 1.29 is 38.9 Å². The summed E-state index contributed by atoms with van der Waals surface area (Å²) >= 11 is 1.39. The Morgan fingerprint density at radius 1 is 0.950 bits per heavy atom. The first-order chi connectivity index (χ1) is 18.6. The lowest BCUT2D eigenvalue weighted by Crippen LogP contribution is -2.59. The van der Waals surface area contributed by atoms with Crippen molar-refractivity contribution in [3.63, 3.8) is 0 Å². The molecular formula is C28H28F5NO4S2. The molecule has 2 aromatic carbocycles. The molecule has 5 nitrogen and oxygen atoms in total. The number of ether oxygens (including phenoxy) is 1. The Labute approximate surface area is 231 Å². The summed E-state index contributed by atoms with van der Waals surface area (Å²) in [6.07, 6.45) is 5.69. The van der Waals surface area contributed by atoms with E-state index in [1.165, 1.54) is 11.3 Å². The Bertz CT molecular complexity index is 1470. The van der Waals surface area contributed by atoms with Gasteiger partial charge < -0.3 is 15.2 Å². The highest BCUT2D eigenvalue weighted by molar-refractivity contribution is 8.45. The minimum Gasteiger partial charge on any atom is -0.487 e. The van der Waals surface area contributed by atoms with Crippen LogP contribution >= 0.6 is 21.6 Å². The number of carboxylic acid groups (broad SMARTS) is 1. The highest BCUT2D eigenvalue weighted by Gasteiger charge is 2.65. The van der Waals surface area contributed by atoms with Gasteiger partial charge in [0.05, 0.1) is 5.56 Å². The van der Waals surface area contributed by atoms with Crippen LogP contribution in [-0.4, -0.2) is 23.0 Å². The monoisotopic (exact) mass is 601 g/mol. The summed E-state index contributed by atoms with van der Waals surface area (Å²) in [5.74, 6) is -0.0755. The van der Waals surface area contributed by atoms with Gasteiger partial charge in [0, 0.05) is 15.5 Å². The number of amides is 1. The van der Waals surface area contributed by atoms with Gasteiger partial charge in [0.1, 0.15) is 23.3 Å². The Kier molecular flexibility index (Phi) is 5.86. The Morgan fingerprint density at radius 2 is 1.55 bits per heavy atom. The van der Waals surface area contributed by atoms with Gasteiger partial charge in [-0.05, 0) is 97.6 Å². The lowest BCUT2D eigenvalue weighted by atomic mass is 9.47. The van der Waals surface area contributed by atoms with Crippen molar-refractivity contribution in [2.45, 2.75) is 56.1 Å². The topological polar surface area (TPSA) is 75.6 Å². The number of carbonyl (C=O) groups is 2. The Balaban J connectivity index is 1.26. The number of hydrogen-bond donors (Lipinski definition) is 2. The van der Waals surface area contributed by atoms with Gasteiger partial charge in [-0.3, -0.25) is 4.79 Å². The average Bonchev–Trinajstić information content (AvgIpc) is 3.32. The zero-order valence-corrected chi connectivity index (χ0v) is 22.9. The minimum atomic E-state index is -9.80. The minimum absolute atomic E-state index is 0.102. The lowest BCUT2D eigenvalue weighted by molar-refractivity contribution is -0.150. The highest BCUT2D eigenvalue weighted by Crippen LogP contribution is 3.02. The molecule has 1 atom stereocenters. The number of benzene rings is 2. The lowest BCUT2D eigenvalue weighted by Gasteiger charge is -2.58. The predicted octanol–water partition coefficient (Wildman–Crippen LogP) is 8.54. The molecule has 0 radical (unpaired) electrons. The first kappa shape index (κ1) is 27.3. The summed E-state index contributed by atoms with van der Waals surface area (Å²) in [5, 5.41) is 15.4. The summed E-state index contributed by atoms with van der Waals surface area (Å²) in [6, 6.07) is 6.41. The number of hydrogen-bond acceptors (Lipinski definition) is 4. The molecule has 0 spiro atoms. The molecule has 4 fully saturated rings. The van der Waals surface area contributed by atoms with Crippen LogP contribution in [0.15, 0.2) is 52.7 Å². The molecule has 1 aromatic heterocycles. The fourth-order valence-electron chi connectivity index (χ4n) is 7.57. The van der Waals surface area contributed by atoms with E-state index in [1.54, 1.807) is 23.6 Å². The quantitative estimate of drug-likeness (QED) is 0.254. The molecule has 4 aliphatic carbocycles. The van der Waals surface area contributed by atoms with Crippen molar-refractivity contribution in [1.29, 1.82) is 0 Å². The number of thiophene rings is 1. The number of halogens is 5. The standard InChI is InChI=1S/C28H28F5NO4S2/c29-40(30,31,32,33)20-3-1-16(2-4-20)15-38-24-21-7-8-39-23(21)6-5-22(24)26(35)34-25(27(36)37)28-12-17-9-18(13-28)11-19(10-17)14-28/h1-8,17-19,25H,9-15H2,(H,34,35)(H,36,37). The summed E-state index contributed by atoms with van der Waals surface area (Å²) in [5.41, 5.74) is -0.194. The number of nitrogens with one attached hydrogen (secondary N) is 1. The maximum Gasteiger partial charge on any atom is 0.326 e. The maximum absolute atomic E-state index is 13.6. The van der Waals surface area contributed by atoms with Crippen molar-refractivity contribution in [3.05, 3.63) is 59.0 Å². The van der Waals surface area contributed by atoms with Crippen LogP contribution in [0.5, 0.6) is 5.75 Å². The predicted molar refractivity (Wildman–Crippen MR) is 143 cm³/mol. The molecule has 40 heavy (non-hydrogen) atoms. The highest BCUT2D eigenvalue weighted by atomic mass is 32.5. The molecule has 4 bridgehead atoms. The number of fused-ring (bicyclic) bond motifs is 1. The summed E-state index contributed by atoms with van der Waals surface area (Å²) in [7, 11) is -9.80. The van der Waals surface area contributed by atoms with E-state index in [0.29, 0.717) is 35.3 Å². The molecule has 12 heteroatoms. The fourth-order valence-corrected chi connectivity index (χ4v) is 9.00. The van der Waals surface area contributed by atoms with Gasteiger partial charge in [0.25, 0.3) is 5.91 Å². The van der Waals surface area contributed by atoms with Crippen LogP contribution in [0.2, 0.25) is 0 Å². The van der Waals surface area contributed by atoms with Gasteiger partial charge in [-0.1, -0.05) is 31.6 Å². The van der Waals surface area contributed by atoms with E-state index in [9.17, 15) is 34.1 Å². The SMILES string of the molecule is O=C(NC(C(=O)O)C12CC3CC(CC(C3)C1)C2)c1ccc2sccc2c1OCc1ccc(S(F)(F)(F)(F)F)cc1. The maximum atomic E-state index is 13.6. The molecule has 1 amide bonds. The third-order valence-corrected chi connectivity index (χ3v) is 10.8. The van der Waals surface area contributed by atoms with Crippen molar-refractivity contribution in [2.24, 2.45) is 23.2 Å². The first-order valence-corrected chi connectivity index (χ1v) is 15.9. The van der Waals surface area contributed by atoms with E-state index in [0.717, 1.165) is 55.4 Å². The molecule has 0 aliphatic heterocycles. The molecule has 3 aromatic rings. The van der Waals surface area contributed by atoms with Gasteiger partial charge in [-0.25, -0.2) is 4.79 Å². The third kappa shape index (κ3) is 5.04. The Hall–Kier alpha value is -2.86. The zero-order chi connectivity index (χ0) is 28.6. The van der Waals surface area contributed by atoms with Crippen molar-refractivity contribution in [1.82, 2.24) is 5.32 Å². The summed E-state index contributed by atoms with van der Waals surface area (Å²) < 4.78 is 72.2. The number of carboxylic acids is 1. The van der Waals surface area contributed by atoms with E-state index < -0.39 is 38.5 Å². The summed E-state index contributed by atoms with van der Waals surface area (Å²) in [6.45, 7) is -0.285. The van der Waals surface area contributed by atoms with Gasteiger partial charge >= 0.3 is 16.2 Å². The molecule has 4 aliphatic rings. The van der Waals surface area contributed by atoms with Crippen molar-refractivity contribution >= 4 is 43.5 Å². The number of carbonyl (C=O) groups excluding carboxylic acids is 1. The largest absolute Gasteiger partial charge is 0.487 e. The smallest absolute Gasteiger partial charge is 0.326 e. The summed E-state index contributed by atoms with van der Waals surface area (Å²) in [4.78, 5) is 24.1. The van der Waals surface area contributed by atoms with E-state index in [2.05, 4.69) is 5.32 Å². The molecule has 1 unspecified atom stereocenters. The van der Waals surface area contributed by atoms with Gasteiger partial charge in [0.2, 0.25) is 0 Å². The normalized spacial score (nSPS) is 28.1. The van der Waals surface area contributed by atoms with Gasteiger partial charge in [-0.15, -0.1) is 11.3 Å². The zero-order valence-electron chi connectivity index (χ0n) is 21.3. The van der Waals surface area contributed by atoms with Crippen LogP contribution in [-0.2, 0) is 11.4 Å². The average molecular weight is 602 g/mol. The molecule has 1 heterocycles. The van der Waals surface area contributed by atoms with E-state index >= 15 is 0 Å². The van der Waals surface area contributed by atoms with Gasteiger partial charge in [-0.2, -0.15) is 0 Å². The van der Waals surface area contributed by atoms with Crippen LogP contribution < -0.4 is 10.1 Å². The molecule has 7 rings (SSSR count). The molecular weight excluding hydrogens is 573 g/mol. The second-order valence-electron chi connectivity index (χ2n) is 11.7. The third-order valence-electron chi connectivity index (χ3n) is 8.80. The van der Waals surface area contributed by atoms with E-state index in [-0.39, 0.29) is 23.5 Å². The van der Waals surface area contributed by atoms with Crippen molar-refractivity contribution in [2.75, 3.05) is 0 Å². The van der Waals surface area contributed by atoms with E-state index in [4.69, 9.17) is 4.74 Å². The second-order valence-corrected chi connectivity index (χ2v) is 15.1. The van der Waals surface area contributed by atoms with Crippen molar-refractivity contribution in [3.8, 4) is 5.75 Å². The van der Waals surface area contributed by atoms with Crippen LogP contribution in [0, 0.1) is 23.2 Å². The number of rotatable bonds is 8. The van der Waals surface area contributed by atoms with Crippen LogP contribution in [0.4, 0.5) is 19.4 Å². The molecule has 216 valence electrons. The molecule has 0 saturated heterocycles. The molecule has 2 N–H and O–H groups in total. The number of aliphatic carboxylic acids is 1. The Morgan fingerprint density at radius 3 is 2.10 bits per heavy atom. The van der Waals surface area contributed by atoms with Crippen LogP contribution in [0.1, 0.15) is 54.4 Å².